The molecule has 2 amide bonds. The zero-order chi connectivity index (χ0) is 20.3. The van der Waals surface area contributed by atoms with Gasteiger partial charge in [0.15, 0.2) is 11.5 Å². The van der Waals surface area contributed by atoms with Gasteiger partial charge >= 0.3 is 0 Å². The van der Waals surface area contributed by atoms with E-state index in [0.29, 0.717) is 41.0 Å². The van der Waals surface area contributed by atoms with Gasteiger partial charge in [-0.3, -0.25) is 14.3 Å². The van der Waals surface area contributed by atoms with Crippen molar-refractivity contribution < 1.29 is 19.1 Å². The van der Waals surface area contributed by atoms with Crippen LogP contribution in [0.3, 0.4) is 0 Å². The molecular formula is C20H21ClN4O4. The van der Waals surface area contributed by atoms with Crippen LogP contribution in [0.5, 0.6) is 11.5 Å². The fourth-order valence-electron chi connectivity index (χ4n) is 4.51. The van der Waals surface area contributed by atoms with Crippen molar-refractivity contribution in [1.82, 2.24) is 19.6 Å². The first kappa shape index (κ1) is 18.3. The van der Waals surface area contributed by atoms with E-state index in [1.54, 1.807) is 20.0 Å². The van der Waals surface area contributed by atoms with Gasteiger partial charge in [0.1, 0.15) is 12.3 Å². The van der Waals surface area contributed by atoms with Crippen LogP contribution in [0.4, 0.5) is 0 Å². The Morgan fingerprint density at radius 1 is 1.14 bits per heavy atom. The number of ether oxygens (including phenoxy) is 2. The van der Waals surface area contributed by atoms with Crippen LogP contribution in [0.25, 0.3) is 0 Å². The van der Waals surface area contributed by atoms with Crippen LogP contribution < -0.4 is 9.47 Å². The summed E-state index contributed by atoms with van der Waals surface area (Å²) in [5.41, 5.74) is 1.03. The Balaban J connectivity index is 1.28. The molecule has 3 aliphatic rings. The molecule has 2 bridgehead atoms. The molecule has 29 heavy (non-hydrogen) atoms. The van der Waals surface area contributed by atoms with Crippen molar-refractivity contribution in [2.45, 2.75) is 31.5 Å². The third-order valence-corrected chi connectivity index (χ3v) is 6.37. The van der Waals surface area contributed by atoms with Gasteiger partial charge in [0.2, 0.25) is 6.10 Å². The van der Waals surface area contributed by atoms with Gasteiger partial charge in [-0.05, 0) is 25.5 Å². The van der Waals surface area contributed by atoms with Crippen LogP contribution >= 0.6 is 11.6 Å². The standard InChI is InChI=1S/C20H21ClN4O4/c1-11-17(21)18(23(2)22-11)20(27)25-9-12-7-13(25)8-24(12)19(26)16-10-28-14-5-3-4-6-15(14)29-16/h3-6,12-13,16H,7-10H2,1-2H3/t12-,13-,16?/m0/s1. The molecule has 0 aliphatic carbocycles. The van der Waals surface area contributed by atoms with E-state index < -0.39 is 6.10 Å². The number of hydrogen-bond donors (Lipinski definition) is 0. The SMILES string of the molecule is Cc1nn(C)c(C(=O)N2C[C@@H]3C[C@H]2CN3C(=O)C2COc3ccccc3O2)c1Cl. The Morgan fingerprint density at radius 2 is 1.83 bits per heavy atom. The zero-order valence-corrected chi connectivity index (χ0v) is 16.9. The van der Waals surface area contributed by atoms with E-state index in [2.05, 4.69) is 5.10 Å². The Hall–Kier alpha value is -2.74. The minimum atomic E-state index is -0.664. The lowest BCUT2D eigenvalue weighted by molar-refractivity contribution is -0.143. The highest BCUT2D eigenvalue weighted by Gasteiger charge is 2.49. The van der Waals surface area contributed by atoms with Gasteiger partial charge in [-0.2, -0.15) is 5.10 Å². The largest absolute Gasteiger partial charge is 0.485 e. The molecule has 2 saturated heterocycles. The summed E-state index contributed by atoms with van der Waals surface area (Å²) in [7, 11) is 1.72. The van der Waals surface area contributed by atoms with Crippen molar-refractivity contribution in [3.8, 4) is 11.5 Å². The number of nitrogens with zero attached hydrogens (tertiary/aromatic N) is 4. The fraction of sp³-hybridized carbons (Fsp3) is 0.450. The number of likely N-dealkylation sites (tertiary alicyclic amines) is 2. The lowest BCUT2D eigenvalue weighted by Crippen LogP contribution is -2.55. The van der Waals surface area contributed by atoms with Crippen molar-refractivity contribution in [3.05, 3.63) is 40.7 Å². The third kappa shape index (κ3) is 2.85. The predicted molar refractivity (Wildman–Crippen MR) is 104 cm³/mol. The molecule has 0 saturated carbocycles. The Morgan fingerprint density at radius 3 is 2.48 bits per heavy atom. The molecule has 3 aliphatic heterocycles. The van der Waals surface area contributed by atoms with E-state index in [9.17, 15) is 9.59 Å². The molecule has 9 heteroatoms. The van der Waals surface area contributed by atoms with Crippen LogP contribution in [0.2, 0.25) is 5.02 Å². The molecular weight excluding hydrogens is 396 g/mol. The number of halogens is 1. The first-order chi connectivity index (χ1) is 13.9. The third-order valence-electron chi connectivity index (χ3n) is 5.92. The Kier molecular flexibility index (Phi) is 4.20. The van der Waals surface area contributed by atoms with E-state index in [4.69, 9.17) is 21.1 Å². The summed E-state index contributed by atoms with van der Waals surface area (Å²) in [4.78, 5) is 29.7. The topological polar surface area (TPSA) is 76.9 Å². The van der Waals surface area contributed by atoms with Crippen LogP contribution in [0.1, 0.15) is 22.6 Å². The minimum absolute atomic E-state index is 0.0229. The highest BCUT2D eigenvalue weighted by molar-refractivity contribution is 6.34. The number of benzene rings is 1. The molecule has 8 nitrogen and oxygen atoms in total. The zero-order valence-electron chi connectivity index (χ0n) is 16.2. The van der Waals surface area contributed by atoms with Crippen LogP contribution in [-0.2, 0) is 11.8 Å². The van der Waals surface area contributed by atoms with Gasteiger partial charge in [-0.25, -0.2) is 0 Å². The van der Waals surface area contributed by atoms with Crippen molar-refractivity contribution in [3.63, 3.8) is 0 Å². The lowest BCUT2D eigenvalue weighted by Gasteiger charge is -2.36. The maximum absolute atomic E-state index is 13.0. The number of para-hydroxylation sites is 2. The van der Waals surface area contributed by atoms with E-state index in [-0.39, 0.29) is 30.5 Å². The van der Waals surface area contributed by atoms with Crippen molar-refractivity contribution in [2.24, 2.45) is 7.05 Å². The molecule has 2 fully saturated rings. The highest BCUT2D eigenvalue weighted by Crippen LogP contribution is 2.36. The minimum Gasteiger partial charge on any atom is -0.485 e. The van der Waals surface area contributed by atoms with Gasteiger partial charge in [-0.15, -0.1) is 0 Å². The van der Waals surface area contributed by atoms with E-state index in [1.165, 1.54) is 4.68 Å². The molecule has 1 aromatic carbocycles. The number of aryl methyl sites for hydroxylation is 2. The number of amides is 2. The molecule has 0 spiro atoms. The number of carbonyl (C=O) groups is 2. The summed E-state index contributed by atoms with van der Waals surface area (Å²) in [6, 6.07) is 7.28. The summed E-state index contributed by atoms with van der Waals surface area (Å²) >= 11 is 6.29. The number of fused-ring (bicyclic) bond motifs is 3. The maximum Gasteiger partial charge on any atom is 0.274 e. The average molecular weight is 417 g/mol. The Bertz CT molecular complexity index is 1010. The van der Waals surface area contributed by atoms with E-state index in [1.807, 2.05) is 28.0 Å². The first-order valence-corrected chi connectivity index (χ1v) is 10.0. The predicted octanol–water partition coefficient (Wildman–Crippen LogP) is 1.65. The van der Waals surface area contributed by atoms with Gasteiger partial charge in [0.25, 0.3) is 11.8 Å². The Labute approximate surface area is 172 Å². The molecule has 0 radical (unpaired) electrons. The molecule has 5 rings (SSSR count). The van der Waals surface area contributed by atoms with Crippen LogP contribution in [0, 0.1) is 6.92 Å². The molecule has 4 heterocycles. The number of carbonyl (C=O) groups excluding carboxylic acids is 2. The second kappa shape index (κ2) is 6.66. The quantitative estimate of drug-likeness (QED) is 0.744. The fourth-order valence-corrected chi connectivity index (χ4v) is 4.75. The summed E-state index contributed by atoms with van der Waals surface area (Å²) in [5.74, 6) is 1.01. The number of piperazine rings is 1. The van der Waals surface area contributed by atoms with E-state index >= 15 is 0 Å². The second-order valence-corrected chi connectivity index (χ2v) is 8.11. The molecule has 152 valence electrons. The molecule has 0 N–H and O–H groups in total. The molecule has 1 unspecified atom stereocenters. The summed E-state index contributed by atoms with van der Waals surface area (Å²) in [6.07, 6.45) is 0.0957. The highest BCUT2D eigenvalue weighted by atomic mass is 35.5. The lowest BCUT2D eigenvalue weighted by atomic mass is 10.2. The summed E-state index contributed by atoms with van der Waals surface area (Å²) in [6.45, 7) is 2.95. The maximum atomic E-state index is 13.0. The first-order valence-electron chi connectivity index (χ1n) is 9.63. The van der Waals surface area contributed by atoms with Crippen LogP contribution in [-0.4, -0.2) is 69.3 Å². The number of aromatic nitrogens is 2. The normalized spacial score (nSPS) is 24.9. The van der Waals surface area contributed by atoms with Crippen molar-refractivity contribution in [2.75, 3.05) is 19.7 Å². The second-order valence-electron chi connectivity index (χ2n) is 7.73. The summed E-state index contributed by atoms with van der Waals surface area (Å²) < 4.78 is 13.1. The van der Waals surface area contributed by atoms with Gasteiger partial charge < -0.3 is 19.3 Å². The summed E-state index contributed by atoms with van der Waals surface area (Å²) in [5, 5.41) is 4.62. The average Bonchev–Trinajstić information content (AvgIpc) is 3.40. The van der Waals surface area contributed by atoms with Gasteiger partial charge in [-0.1, -0.05) is 23.7 Å². The van der Waals surface area contributed by atoms with Gasteiger partial charge in [0, 0.05) is 20.1 Å². The number of hydrogen-bond acceptors (Lipinski definition) is 5. The smallest absolute Gasteiger partial charge is 0.274 e. The molecule has 3 atom stereocenters. The molecule has 2 aromatic rings. The van der Waals surface area contributed by atoms with Crippen LogP contribution in [0.15, 0.2) is 24.3 Å². The number of rotatable bonds is 2. The van der Waals surface area contributed by atoms with Gasteiger partial charge in [0.05, 0.1) is 22.8 Å². The van der Waals surface area contributed by atoms with E-state index in [0.717, 1.165) is 6.42 Å². The van der Waals surface area contributed by atoms with Crippen molar-refractivity contribution in [1.29, 1.82) is 0 Å². The van der Waals surface area contributed by atoms with Crippen molar-refractivity contribution >= 4 is 23.4 Å². The monoisotopic (exact) mass is 416 g/mol. The molecule has 1 aromatic heterocycles.